The number of hydrogen-bond donors (Lipinski definition) is 1. The molecular formula is C18H35NO2. The lowest BCUT2D eigenvalue weighted by Gasteiger charge is -2.32. The Hall–Kier alpha value is -0.700. The molecule has 0 bridgehead atoms. The Labute approximate surface area is 131 Å². The van der Waals surface area contributed by atoms with Crippen molar-refractivity contribution < 1.29 is 9.59 Å². The van der Waals surface area contributed by atoms with Gasteiger partial charge in [0.1, 0.15) is 5.78 Å². The maximum Gasteiger partial charge on any atom is 0.155 e. The van der Waals surface area contributed by atoms with Gasteiger partial charge in [0.15, 0.2) is 5.78 Å². The van der Waals surface area contributed by atoms with Crippen LogP contribution in [0.4, 0.5) is 0 Å². The summed E-state index contributed by atoms with van der Waals surface area (Å²) in [5.74, 6) is 0.487. The van der Waals surface area contributed by atoms with Crippen LogP contribution in [0.1, 0.15) is 81.6 Å². The molecule has 0 heterocycles. The average Bonchev–Trinajstić information content (AvgIpc) is 2.22. The van der Waals surface area contributed by atoms with E-state index in [2.05, 4.69) is 26.1 Å². The van der Waals surface area contributed by atoms with Crippen LogP contribution in [0.5, 0.6) is 0 Å². The summed E-state index contributed by atoms with van der Waals surface area (Å²) in [5.41, 5.74) is -0.766. The molecule has 0 radical (unpaired) electrons. The molecule has 1 N–H and O–H groups in total. The van der Waals surface area contributed by atoms with Crippen molar-refractivity contribution in [3.8, 4) is 0 Å². The van der Waals surface area contributed by atoms with Crippen molar-refractivity contribution >= 4 is 11.6 Å². The molecule has 0 aromatic heterocycles. The third-order valence-electron chi connectivity index (χ3n) is 3.40. The van der Waals surface area contributed by atoms with Gasteiger partial charge in [-0.15, -0.1) is 0 Å². The fourth-order valence-corrected chi connectivity index (χ4v) is 2.16. The van der Waals surface area contributed by atoms with Crippen LogP contribution >= 0.6 is 0 Å². The van der Waals surface area contributed by atoms with Crippen molar-refractivity contribution in [1.29, 1.82) is 0 Å². The molecule has 0 fully saturated rings. The van der Waals surface area contributed by atoms with E-state index in [-0.39, 0.29) is 34.0 Å². The fraction of sp³-hybridized carbons (Fsp3) is 0.889. The summed E-state index contributed by atoms with van der Waals surface area (Å²) >= 11 is 0. The van der Waals surface area contributed by atoms with Crippen LogP contribution in [0.3, 0.4) is 0 Å². The highest BCUT2D eigenvalue weighted by Gasteiger charge is 2.32. The minimum absolute atomic E-state index is 0.111. The van der Waals surface area contributed by atoms with Gasteiger partial charge in [-0.3, -0.25) is 9.59 Å². The maximum absolute atomic E-state index is 12.6. The lowest BCUT2D eigenvalue weighted by atomic mass is 9.82. The highest BCUT2D eigenvalue weighted by Crippen LogP contribution is 2.23. The molecule has 0 amide bonds. The first-order valence-corrected chi connectivity index (χ1v) is 8.00. The zero-order chi connectivity index (χ0) is 17.1. The molecule has 0 aromatic rings. The van der Waals surface area contributed by atoms with Gasteiger partial charge in [0.25, 0.3) is 0 Å². The lowest BCUT2D eigenvalue weighted by Crippen LogP contribution is -2.50. The van der Waals surface area contributed by atoms with E-state index in [1.54, 1.807) is 0 Å². The lowest BCUT2D eigenvalue weighted by molar-refractivity contribution is -0.130. The van der Waals surface area contributed by atoms with Crippen LogP contribution in [0.25, 0.3) is 0 Å². The number of Topliss-reactive ketones (excluding diaryl/α,β-unsaturated/α-hetero) is 2. The van der Waals surface area contributed by atoms with Gasteiger partial charge >= 0.3 is 0 Å². The third-order valence-corrected chi connectivity index (χ3v) is 3.40. The third kappa shape index (κ3) is 8.35. The molecule has 3 nitrogen and oxygen atoms in total. The number of rotatable bonds is 6. The number of carbonyl (C=O) groups excluding carboxylic acids is 2. The summed E-state index contributed by atoms with van der Waals surface area (Å²) < 4.78 is 0. The van der Waals surface area contributed by atoms with Gasteiger partial charge in [0.2, 0.25) is 0 Å². The fourth-order valence-electron chi connectivity index (χ4n) is 2.16. The molecule has 1 atom stereocenters. The largest absolute Gasteiger partial charge is 0.303 e. The predicted octanol–water partition coefficient (Wildman–Crippen LogP) is 4.14. The predicted molar refractivity (Wildman–Crippen MR) is 89.5 cm³/mol. The Kier molecular flexibility index (Phi) is 6.81. The van der Waals surface area contributed by atoms with Crippen molar-refractivity contribution in [3.63, 3.8) is 0 Å². The number of nitrogens with one attached hydrogen (secondary N) is 1. The molecule has 0 rings (SSSR count). The molecule has 0 aliphatic rings. The Bertz CT molecular complexity index is 364. The number of ketones is 2. The van der Waals surface area contributed by atoms with E-state index in [9.17, 15) is 9.59 Å². The minimum atomic E-state index is -0.364. The molecule has 0 aliphatic heterocycles. The van der Waals surface area contributed by atoms with E-state index in [4.69, 9.17) is 0 Å². The molecule has 0 spiro atoms. The van der Waals surface area contributed by atoms with E-state index in [0.29, 0.717) is 6.42 Å². The average molecular weight is 297 g/mol. The van der Waals surface area contributed by atoms with E-state index in [0.717, 1.165) is 12.8 Å². The summed E-state index contributed by atoms with van der Waals surface area (Å²) in [5, 5.41) is 3.41. The van der Waals surface area contributed by atoms with Crippen molar-refractivity contribution in [3.05, 3.63) is 0 Å². The SMILES string of the molecule is CC(C)(C)N[C@H](CCCC(=O)C(C)(C)C)C(=O)C(C)(C)C. The number of hydrogen-bond acceptors (Lipinski definition) is 3. The topological polar surface area (TPSA) is 46.2 Å². The van der Waals surface area contributed by atoms with Gasteiger partial charge in [-0.2, -0.15) is 0 Å². The quantitative estimate of drug-likeness (QED) is 0.801. The van der Waals surface area contributed by atoms with Gasteiger partial charge in [0.05, 0.1) is 6.04 Å². The van der Waals surface area contributed by atoms with Crippen molar-refractivity contribution in [2.75, 3.05) is 0 Å². The monoisotopic (exact) mass is 297 g/mol. The van der Waals surface area contributed by atoms with Gasteiger partial charge in [-0.05, 0) is 33.6 Å². The standard InChI is InChI=1S/C18H35NO2/c1-16(2,3)14(20)12-10-11-13(19-18(7,8)9)15(21)17(4,5)6/h13,19H,10-12H2,1-9H3/t13-/m1/s1. The van der Waals surface area contributed by atoms with Crippen LogP contribution in [0.2, 0.25) is 0 Å². The van der Waals surface area contributed by atoms with Gasteiger partial charge in [-0.25, -0.2) is 0 Å². The molecule has 0 unspecified atom stereocenters. The molecule has 0 aliphatic carbocycles. The summed E-state index contributed by atoms with van der Waals surface area (Å²) in [6.45, 7) is 17.9. The minimum Gasteiger partial charge on any atom is -0.303 e. The molecule has 0 saturated heterocycles. The van der Waals surface area contributed by atoms with Crippen LogP contribution < -0.4 is 5.32 Å². The molecule has 3 heteroatoms. The molecule has 0 saturated carbocycles. The van der Waals surface area contributed by atoms with Crippen LogP contribution in [-0.2, 0) is 9.59 Å². The summed E-state index contributed by atoms with van der Waals surface area (Å²) in [6, 6.07) is -0.183. The highest BCUT2D eigenvalue weighted by molar-refractivity contribution is 5.89. The van der Waals surface area contributed by atoms with E-state index >= 15 is 0 Å². The highest BCUT2D eigenvalue weighted by atomic mass is 16.1. The smallest absolute Gasteiger partial charge is 0.155 e. The normalized spacial score (nSPS) is 14.9. The van der Waals surface area contributed by atoms with Crippen molar-refractivity contribution in [1.82, 2.24) is 5.32 Å². The second-order valence-electron chi connectivity index (χ2n) is 9.13. The van der Waals surface area contributed by atoms with Crippen molar-refractivity contribution in [2.24, 2.45) is 10.8 Å². The zero-order valence-corrected chi connectivity index (χ0v) is 15.5. The summed E-state index contributed by atoms with van der Waals surface area (Å²) in [4.78, 5) is 24.6. The first kappa shape index (κ1) is 20.3. The Morgan fingerprint density at radius 1 is 0.857 bits per heavy atom. The van der Waals surface area contributed by atoms with E-state index in [1.165, 1.54) is 0 Å². The Balaban J connectivity index is 4.72. The van der Waals surface area contributed by atoms with Gasteiger partial charge in [-0.1, -0.05) is 41.5 Å². The molecule has 0 aromatic carbocycles. The summed E-state index contributed by atoms with van der Waals surface area (Å²) in [7, 11) is 0. The first-order valence-electron chi connectivity index (χ1n) is 8.00. The van der Waals surface area contributed by atoms with Gasteiger partial charge < -0.3 is 5.32 Å². The van der Waals surface area contributed by atoms with E-state index in [1.807, 2.05) is 41.5 Å². The maximum atomic E-state index is 12.6. The van der Waals surface area contributed by atoms with Crippen molar-refractivity contribution in [2.45, 2.75) is 93.2 Å². The first-order chi connectivity index (χ1) is 9.14. The van der Waals surface area contributed by atoms with E-state index < -0.39 is 0 Å². The summed E-state index contributed by atoms with van der Waals surface area (Å²) in [6.07, 6.45) is 2.02. The molecule has 21 heavy (non-hydrogen) atoms. The second kappa shape index (κ2) is 7.04. The van der Waals surface area contributed by atoms with Crippen LogP contribution in [0, 0.1) is 10.8 Å². The van der Waals surface area contributed by atoms with Crippen LogP contribution in [0.15, 0.2) is 0 Å². The molecular weight excluding hydrogens is 262 g/mol. The second-order valence-corrected chi connectivity index (χ2v) is 9.13. The van der Waals surface area contributed by atoms with Crippen LogP contribution in [-0.4, -0.2) is 23.1 Å². The van der Waals surface area contributed by atoms with Gasteiger partial charge in [0, 0.05) is 22.8 Å². The molecule has 124 valence electrons. The number of carbonyl (C=O) groups is 2. The Morgan fingerprint density at radius 3 is 1.67 bits per heavy atom. The Morgan fingerprint density at radius 2 is 1.33 bits per heavy atom. The zero-order valence-electron chi connectivity index (χ0n) is 15.5.